The number of aryl methyl sites for hydroxylation is 1. The molecule has 112 valence electrons. The number of carbonyl (C=O) groups is 1. The van der Waals surface area contributed by atoms with Crippen molar-refractivity contribution < 1.29 is 4.79 Å². The number of carbonyl (C=O) groups excluding carboxylic acids is 1. The predicted octanol–water partition coefficient (Wildman–Crippen LogP) is 2.56. The van der Waals surface area contributed by atoms with Crippen molar-refractivity contribution in [2.45, 2.75) is 19.9 Å². The van der Waals surface area contributed by atoms with Gasteiger partial charge >= 0.3 is 0 Å². The van der Waals surface area contributed by atoms with E-state index in [-0.39, 0.29) is 5.91 Å². The topological polar surface area (TPSA) is 50.5 Å². The van der Waals surface area contributed by atoms with Crippen molar-refractivity contribution in [1.29, 1.82) is 0 Å². The highest BCUT2D eigenvalue weighted by Gasteiger charge is 2.13. The molecule has 0 radical (unpaired) electrons. The summed E-state index contributed by atoms with van der Waals surface area (Å²) >= 11 is 0. The van der Waals surface area contributed by atoms with Crippen LogP contribution in [0.2, 0.25) is 0 Å². The molecule has 0 fully saturated rings. The van der Waals surface area contributed by atoms with Crippen molar-refractivity contribution in [3.63, 3.8) is 0 Å². The molecular weight excluding hydrogens is 276 g/mol. The van der Waals surface area contributed by atoms with Gasteiger partial charge in [-0.15, -0.1) is 0 Å². The second kappa shape index (κ2) is 5.97. The van der Waals surface area contributed by atoms with Crippen LogP contribution in [-0.4, -0.2) is 32.2 Å². The summed E-state index contributed by atoms with van der Waals surface area (Å²) in [6.07, 6.45) is 8.18. The quantitative estimate of drug-likeness (QED) is 0.743. The number of nitrogens with zero attached hydrogens (tertiary/aromatic N) is 4. The van der Waals surface area contributed by atoms with Crippen LogP contribution in [0.15, 0.2) is 49.1 Å². The molecule has 0 aliphatic rings. The van der Waals surface area contributed by atoms with Gasteiger partial charge in [-0.3, -0.25) is 9.78 Å². The smallest absolute Gasteiger partial charge is 0.255 e. The average molecular weight is 294 g/mol. The Morgan fingerprint density at radius 1 is 1.23 bits per heavy atom. The van der Waals surface area contributed by atoms with Crippen molar-refractivity contribution in [2.75, 3.05) is 7.05 Å². The van der Waals surface area contributed by atoms with Gasteiger partial charge in [0.2, 0.25) is 0 Å². The van der Waals surface area contributed by atoms with Gasteiger partial charge in [-0.1, -0.05) is 13.0 Å². The van der Waals surface area contributed by atoms with Gasteiger partial charge in [-0.2, -0.15) is 0 Å². The van der Waals surface area contributed by atoms with E-state index in [1.54, 1.807) is 30.4 Å². The highest BCUT2D eigenvalue weighted by molar-refractivity contribution is 5.94. The standard InChI is InChI=1S/C17H18N4O/c1-3-13-4-6-15(19-10-13)12-20(2)17(22)14-5-7-16-18-8-9-21(16)11-14/h4-11H,3,12H2,1-2H3. The summed E-state index contributed by atoms with van der Waals surface area (Å²) in [6, 6.07) is 7.67. The number of hydrogen-bond donors (Lipinski definition) is 0. The van der Waals surface area contributed by atoms with E-state index in [4.69, 9.17) is 0 Å². The fourth-order valence-corrected chi connectivity index (χ4v) is 2.34. The molecule has 3 rings (SSSR count). The van der Waals surface area contributed by atoms with Crippen LogP contribution < -0.4 is 0 Å². The predicted molar refractivity (Wildman–Crippen MR) is 84.6 cm³/mol. The lowest BCUT2D eigenvalue weighted by atomic mass is 10.2. The highest BCUT2D eigenvalue weighted by atomic mass is 16.2. The average Bonchev–Trinajstić information content (AvgIpc) is 3.02. The molecule has 0 atom stereocenters. The Bertz CT molecular complexity index is 792. The molecule has 5 heteroatoms. The lowest BCUT2D eigenvalue weighted by Gasteiger charge is -2.17. The molecule has 0 spiro atoms. The molecule has 0 saturated heterocycles. The van der Waals surface area contributed by atoms with Gasteiger partial charge in [-0.25, -0.2) is 4.98 Å². The molecule has 0 N–H and O–H groups in total. The summed E-state index contributed by atoms with van der Waals surface area (Å²) in [6.45, 7) is 2.59. The molecule has 0 bridgehead atoms. The Kier molecular flexibility index (Phi) is 3.87. The van der Waals surface area contributed by atoms with E-state index in [2.05, 4.69) is 23.0 Å². The van der Waals surface area contributed by atoms with Crippen LogP contribution in [0.25, 0.3) is 5.65 Å². The molecule has 0 saturated carbocycles. The number of amides is 1. The fraction of sp³-hybridized carbons (Fsp3) is 0.235. The maximum Gasteiger partial charge on any atom is 0.255 e. The van der Waals surface area contributed by atoms with Crippen LogP contribution in [-0.2, 0) is 13.0 Å². The van der Waals surface area contributed by atoms with Crippen LogP contribution in [0.1, 0.15) is 28.5 Å². The van der Waals surface area contributed by atoms with E-state index in [0.29, 0.717) is 12.1 Å². The normalized spacial score (nSPS) is 10.8. The van der Waals surface area contributed by atoms with Crippen LogP contribution >= 0.6 is 0 Å². The first-order valence-corrected chi connectivity index (χ1v) is 7.29. The first-order valence-electron chi connectivity index (χ1n) is 7.29. The lowest BCUT2D eigenvalue weighted by molar-refractivity contribution is 0.0783. The molecule has 3 aromatic rings. The van der Waals surface area contributed by atoms with Crippen molar-refractivity contribution >= 4 is 11.6 Å². The minimum atomic E-state index is -0.0306. The fourth-order valence-electron chi connectivity index (χ4n) is 2.34. The summed E-state index contributed by atoms with van der Waals surface area (Å²) in [7, 11) is 1.79. The van der Waals surface area contributed by atoms with Gasteiger partial charge in [0, 0.05) is 31.8 Å². The zero-order chi connectivity index (χ0) is 15.5. The molecule has 3 heterocycles. The molecule has 1 amide bonds. The third-order valence-electron chi connectivity index (χ3n) is 3.68. The van der Waals surface area contributed by atoms with E-state index >= 15 is 0 Å². The van der Waals surface area contributed by atoms with E-state index in [1.807, 2.05) is 28.9 Å². The third-order valence-corrected chi connectivity index (χ3v) is 3.68. The van der Waals surface area contributed by atoms with E-state index < -0.39 is 0 Å². The van der Waals surface area contributed by atoms with Gasteiger partial charge < -0.3 is 9.30 Å². The van der Waals surface area contributed by atoms with Gasteiger partial charge in [0.25, 0.3) is 5.91 Å². The Morgan fingerprint density at radius 3 is 2.82 bits per heavy atom. The largest absolute Gasteiger partial charge is 0.336 e. The Labute approximate surface area is 129 Å². The van der Waals surface area contributed by atoms with Gasteiger partial charge in [-0.05, 0) is 30.2 Å². The zero-order valence-electron chi connectivity index (χ0n) is 12.7. The number of aromatic nitrogens is 3. The first-order chi connectivity index (χ1) is 10.7. The van der Waals surface area contributed by atoms with E-state index in [1.165, 1.54) is 5.56 Å². The molecular formula is C17H18N4O. The van der Waals surface area contributed by atoms with Crippen molar-refractivity contribution in [2.24, 2.45) is 0 Å². The second-order valence-electron chi connectivity index (χ2n) is 5.28. The third kappa shape index (κ3) is 2.83. The van der Waals surface area contributed by atoms with Crippen molar-refractivity contribution in [1.82, 2.24) is 19.3 Å². The summed E-state index contributed by atoms with van der Waals surface area (Å²) in [5, 5.41) is 0. The summed E-state index contributed by atoms with van der Waals surface area (Å²) in [5.41, 5.74) is 3.55. The molecule has 22 heavy (non-hydrogen) atoms. The van der Waals surface area contributed by atoms with E-state index in [9.17, 15) is 4.79 Å². The Balaban J connectivity index is 1.75. The zero-order valence-corrected chi connectivity index (χ0v) is 12.7. The molecule has 0 aliphatic carbocycles. The maximum atomic E-state index is 12.5. The summed E-state index contributed by atoms with van der Waals surface area (Å²) in [4.78, 5) is 22.7. The molecule has 0 unspecified atom stereocenters. The first kappa shape index (κ1) is 14.3. The van der Waals surface area contributed by atoms with Crippen LogP contribution in [0.4, 0.5) is 0 Å². The number of rotatable bonds is 4. The number of imidazole rings is 1. The SMILES string of the molecule is CCc1ccc(CN(C)C(=O)c2ccc3nccn3c2)nc1. The molecule has 3 aromatic heterocycles. The minimum Gasteiger partial charge on any atom is -0.336 e. The van der Waals surface area contributed by atoms with Crippen molar-refractivity contribution in [3.05, 3.63) is 65.9 Å². The minimum absolute atomic E-state index is 0.0306. The number of fused-ring (bicyclic) bond motifs is 1. The summed E-state index contributed by atoms with van der Waals surface area (Å²) in [5.74, 6) is -0.0306. The van der Waals surface area contributed by atoms with Crippen LogP contribution in [0.5, 0.6) is 0 Å². The Morgan fingerprint density at radius 2 is 2.09 bits per heavy atom. The molecule has 0 aromatic carbocycles. The monoisotopic (exact) mass is 294 g/mol. The summed E-state index contributed by atoms with van der Waals surface area (Å²) < 4.78 is 1.84. The highest BCUT2D eigenvalue weighted by Crippen LogP contribution is 2.10. The number of hydrogen-bond acceptors (Lipinski definition) is 3. The maximum absolute atomic E-state index is 12.5. The van der Waals surface area contributed by atoms with Gasteiger partial charge in [0.1, 0.15) is 5.65 Å². The van der Waals surface area contributed by atoms with Gasteiger partial charge in [0.05, 0.1) is 17.8 Å². The van der Waals surface area contributed by atoms with Gasteiger partial charge in [0.15, 0.2) is 0 Å². The van der Waals surface area contributed by atoms with Crippen LogP contribution in [0, 0.1) is 0 Å². The van der Waals surface area contributed by atoms with Crippen molar-refractivity contribution in [3.8, 4) is 0 Å². The second-order valence-corrected chi connectivity index (χ2v) is 5.28. The molecule has 0 aliphatic heterocycles. The number of pyridine rings is 2. The molecule has 5 nitrogen and oxygen atoms in total. The van der Waals surface area contributed by atoms with E-state index in [0.717, 1.165) is 17.8 Å². The van der Waals surface area contributed by atoms with Crippen LogP contribution in [0.3, 0.4) is 0 Å². The Hall–Kier alpha value is -2.69. The lowest BCUT2D eigenvalue weighted by Crippen LogP contribution is -2.26.